The van der Waals surface area contributed by atoms with Crippen molar-refractivity contribution in [2.45, 2.75) is 31.8 Å². The van der Waals surface area contributed by atoms with Crippen molar-refractivity contribution in [3.05, 3.63) is 34.6 Å². The molecule has 1 fully saturated rings. The Balaban J connectivity index is 2.20. The molecule has 14 heavy (non-hydrogen) atoms. The van der Waals surface area contributed by atoms with Crippen molar-refractivity contribution in [3.63, 3.8) is 0 Å². The van der Waals surface area contributed by atoms with Crippen molar-refractivity contribution in [3.8, 4) is 0 Å². The van der Waals surface area contributed by atoms with Gasteiger partial charge < -0.3 is 5.32 Å². The van der Waals surface area contributed by atoms with Gasteiger partial charge in [-0.1, -0.05) is 17.7 Å². The molecule has 1 nitrogen and oxygen atoms in total. The van der Waals surface area contributed by atoms with Gasteiger partial charge in [-0.2, -0.15) is 0 Å². The second-order valence-electron chi connectivity index (χ2n) is 3.87. The highest BCUT2D eigenvalue weighted by atomic mass is 35.5. The van der Waals surface area contributed by atoms with Crippen molar-refractivity contribution in [2.75, 3.05) is 0 Å². The van der Waals surface area contributed by atoms with Crippen molar-refractivity contribution in [1.29, 1.82) is 0 Å². The van der Waals surface area contributed by atoms with Gasteiger partial charge in [-0.3, -0.25) is 0 Å². The van der Waals surface area contributed by atoms with Crippen LogP contribution < -0.4 is 5.32 Å². The van der Waals surface area contributed by atoms with Crippen LogP contribution in [-0.4, -0.2) is 6.04 Å². The molecule has 0 aliphatic carbocycles. The van der Waals surface area contributed by atoms with E-state index in [1.807, 2.05) is 0 Å². The number of hydrogen-bond acceptors (Lipinski definition) is 1. The topological polar surface area (TPSA) is 12.0 Å². The second kappa shape index (κ2) is 3.87. The van der Waals surface area contributed by atoms with Gasteiger partial charge in [0, 0.05) is 12.1 Å². The molecule has 1 saturated heterocycles. The van der Waals surface area contributed by atoms with E-state index in [4.69, 9.17) is 11.6 Å². The largest absolute Gasteiger partial charge is 0.307 e. The van der Waals surface area contributed by atoms with Gasteiger partial charge in [0.15, 0.2) is 0 Å². The summed E-state index contributed by atoms with van der Waals surface area (Å²) in [4.78, 5) is 0. The average molecular weight is 214 g/mol. The standard InChI is InChI=1S/C11H13ClFN/c1-7-2-5-11(14-7)8-3-4-10(13)9(12)6-8/h3-4,6-7,11,14H,2,5H2,1H3/t7-,11-/m0/s1. The van der Waals surface area contributed by atoms with E-state index in [0.717, 1.165) is 12.0 Å². The van der Waals surface area contributed by atoms with E-state index in [2.05, 4.69) is 12.2 Å². The van der Waals surface area contributed by atoms with Crippen LogP contribution in [0.2, 0.25) is 5.02 Å². The Kier molecular flexibility index (Phi) is 2.75. The van der Waals surface area contributed by atoms with Crippen molar-refractivity contribution in [1.82, 2.24) is 5.32 Å². The van der Waals surface area contributed by atoms with Crippen molar-refractivity contribution in [2.24, 2.45) is 0 Å². The highest BCUT2D eigenvalue weighted by Crippen LogP contribution is 2.28. The lowest BCUT2D eigenvalue weighted by Gasteiger charge is -2.12. The molecule has 0 aromatic heterocycles. The average Bonchev–Trinajstić information content (AvgIpc) is 2.57. The molecule has 1 aromatic carbocycles. The molecule has 76 valence electrons. The van der Waals surface area contributed by atoms with Gasteiger partial charge in [-0.25, -0.2) is 4.39 Å². The van der Waals surface area contributed by atoms with Gasteiger partial charge in [0.25, 0.3) is 0 Å². The molecule has 2 atom stereocenters. The Labute approximate surface area is 88.3 Å². The molecule has 0 saturated carbocycles. The smallest absolute Gasteiger partial charge is 0.141 e. The first-order chi connectivity index (χ1) is 6.66. The summed E-state index contributed by atoms with van der Waals surface area (Å²) >= 11 is 5.73. The molecular weight excluding hydrogens is 201 g/mol. The summed E-state index contributed by atoms with van der Waals surface area (Å²) < 4.78 is 12.9. The molecule has 3 heteroatoms. The number of rotatable bonds is 1. The van der Waals surface area contributed by atoms with Crippen molar-refractivity contribution >= 4 is 11.6 Å². The number of hydrogen-bond donors (Lipinski definition) is 1. The summed E-state index contributed by atoms with van der Waals surface area (Å²) in [5.74, 6) is -0.346. The lowest BCUT2D eigenvalue weighted by atomic mass is 10.1. The van der Waals surface area contributed by atoms with Crippen LogP contribution in [0.5, 0.6) is 0 Å². The van der Waals surface area contributed by atoms with E-state index in [9.17, 15) is 4.39 Å². The number of halogens is 2. The third kappa shape index (κ3) is 1.91. The Bertz CT molecular complexity index is 340. The molecule has 1 aliphatic heterocycles. The Morgan fingerprint density at radius 2 is 2.21 bits per heavy atom. The molecule has 1 heterocycles. The van der Waals surface area contributed by atoms with Crippen LogP contribution in [0.3, 0.4) is 0 Å². The lowest BCUT2D eigenvalue weighted by molar-refractivity contribution is 0.581. The summed E-state index contributed by atoms with van der Waals surface area (Å²) in [6, 6.07) is 5.83. The molecule has 2 rings (SSSR count). The van der Waals surface area contributed by atoms with Gasteiger partial charge in [0.2, 0.25) is 0 Å². The predicted molar refractivity (Wildman–Crippen MR) is 56.0 cm³/mol. The van der Waals surface area contributed by atoms with Gasteiger partial charge in [0.05, 0.1) is 5.02 Å². The van der Waals surface area contributed by atoms with Crippen LogP contribution in [0.15, 0.2) is 18.2 Å². The summed E-state index contributed by atoms with van der Waals surface area (Å²) in [6.07, 6.45) is 2.27. The maximum Gasteiger partial charge on any atom is 0.141 e. The first-order valence-corrected chi connectivity index (χ1v) is 5.25. The molecule has 0 amide bonds. The Hall–Kier alpha value is -0.600. The minimum absolute atomic E-state index is 0.212. The van der Waals surface area contributed by atoms with E-state index in [1.54, 1.807) is 12.1 Å². The fraction of sp³-hybridized carbons (Fsp3) is 0.455. The zero-order chi connectivity index (χ0) is 10.1. The van der Waals surface area contributed by atoms with Gasteiger partial charge >= 0.3 is 0 Å². The van der Waals surface area contributed by atoms with Crippen LogP contribution in [0.4, 0.5) is 4.39 Å². The quantitative estimate of drug-likeness (QED) is 0.755. The molecule has 0 spiro atoms. The van der Waals surface area contributed by atoms with E-state index in [1.165, 1.54) is 12.5 Å². The fourth-order valence-electron chi connectivity index (χ4n) is 1.92. The summed E-state index contributed by atoms with van der Waals surface area (Å²) in [5.41, 5.74) is 1.08. The van der Waals surface area contributed by atoms with Gasteiger partial charge in [-0.05, 0) is 37.5 Å². The molecule has 0 bridgehead atoms. The molecule has 1 aliphatic rings. The highest BCUT2D eigenvalue weighted by molar-refractivity contribution is 6.30. The minimum Gasteiger partial charge on any atom is -0.307 e. The predicted octanol–water partition coefficient (Wildman–Crippen LogP) is 3.29. The third-order valence-corrected chi connectivity index (χ3v) is 3.01. The lowest BCUT2D eigenvalue weighted by Crippen LogP contribution is -2.20. The molecule has 1 aromatic rings. The van der Waals surface area contributed by atoms with E-state index in [0.29, 0.717) is 12.1 Å². The Morgan fingerprint density at radius 3 is 2.79 bits per heavy atom. The molecule has 0 unspecified atom stereocenters. The van der Waals surface area contributed by atoms with E-state index >= 15 is 0 Å². The van der Waals surface area contributed by atoms with E-state index < -0.39 is 0 Å². The highest BCUT2D eigenvalue weighted by Gasteiger charge is 2.21. The van der Waals surface area contributed by atoms with Crippen LogP contribution in [0, 0.1) is 5.82 Å². The fourth-order valence-corrected chi connectivity index (χ4v) is 2.11. The zero-order valence-electron chi connectivity index (χ0n) is 8.06. The van der Waals surface area contributed by atoms with Crippen LogP contribution in [0.1, 0.15) is 31.4 Å². The third-order valence-electron chi connectivity index (χ3n) is 2.72. The maximum absolute atomic E-state index is 12.9. The molecule has 1 N–H and O–H groups in total. The molecular formula is C11H13ClFN. The first kappa shape index (κ1) is 9.94. The summed E-state index contributed by atoms with van der Waals surface area (Å²) in [6.45, 7) is 2.16. The minimum atomic E-state index is -0.346. The second-order valence-corrected chi connectivity index (χ2v) is 4.28. The van der Waals surface area contributed by atoms with Crippen LogP contribution >= 0.6 is 11.6 Å². The molecule has 0 radical (unpaired) electrons. The van der Waals surface area contributed by atoms with Crippen LogP contribution in [0.25, 0.3) is 0 Å². The van der Waals surface area contributed by atoms with E-state index in [-0.39, 0.29) is 10.8 Å². The van der Waals surface area contributed by atoms with Gasteiger partial charge in [0.1, 0.15) is 5.82 Å². The summed E-state index contributed by atoms with van der Waals surface area (Å²) in [5, 5.41) is 3.65. The van der Waals surface area contributed by atoms with Crippen molar-refractivity contribution < 1.29 is 4.39 Å². The first-order valence-electron chi connectivity index (χ1n) is 4.88. The monoisotopic (exact) mass is 213 g/mol. The van der Waals surface area contributed by atoms with Crippen LogP contribution in [-0.2, 0) is 0 Å². The zero-order valence-corrected chi connectivity index (χ0v) is 8.81. The maximum atomic E-state index is 12.9. The Morgan fingerprint density at radius 1 is 1.43 bits per heavy atom. The number of benzene rings is 1. The van der Waals surface area contributed by atoms with Gasteiger partial charge in [-0.15, -0.1) is 0 Å². The normalized spacial score (nSPS) is 26.8. The number of nitrogens with one attached hydrogen (secondary N) is 1. The summed E-state index contributed by atoms with van der Waals surface area (Å²) in [7, 11) is 0. The SMILES string of the molecule is C[C@H]1CC[C@@H](c2ccc(F)c(Cl)c2)N1.